The van der Waals surface area contributed by atoms with Gasteiger partial charge in [-0.25, -0.2) is 18.7 Å². The van der Waals surface area contributed by atoms with Crippen molar-refractivity contribution >= 4 is 11.5 Å². The molecule has 2 aromatic rings. The summed E-state index contributed by atoms with van der Waals surface area (Å²) in [5, 5.41) is 20.3. The average molecular weight is 579 g/mol. The topological polar surface area (TPSA) is 102 Å². The second kappa shape index (κ2) is 11.3. The van der Waals surface area contributed by atoms with E-state index in [4.69, 9.17) is 15.7 Å². The van der Waals surface area contributed by atoms with Gasteiger partial charge >= 0.3 is 0 Å². The molecule has 3 unspecified atom stereocenters. The Hall–Kier alpha value is -2.83. The van der Waals surface area contributed by atoms with Gasteiger partial charge in [0, 0.05) is 42.2 Å². The highest BCUT2D eigenvalue weighted by Crippen LogP contribution is 2.50. The minimum atomic E-state index is -2.38. The van der Waals surface area contributed by atoms with E-state index in [1.807, 2.05) is 11.0 Å². The Kier molecular flexibility index (Phi) is 7.90. The fourth-order valence-corrected chi connectivity index (χ4v) is 8.13. The molecule has 2 aliphatic carbocycles. The first kappa shape index (κ1) is 29.3. The Morgan fingerprint density at radius 3 is 2.55 bits per heavy atom. The van der Waals surface area contributed by atoms with Crippen molar-refractivity contribution in [3.63, 3.8) is 0 Å². The van der Waals surface area contributed by atoms with Crippen LogP contribution in [-0.2, 0) is 19.4 Å². The second-order valence-corrected chi connectivity index (χ2v) is 13.2. The lowest BCUT2D eigenvalue weighted by molar-refractivity contribution is 0.0110. The molecule has 42 heavy (non-hydrogen) atoms. The number of anilines is 2. The molecule has 5 aliphatic rings. The van der Waals surface area contributed by atoms with Gasteiger partial charge in [0.05, 0.1) is 24.4 Å². The third-order valence-electron chi connectivity index (χ3n) is 10.7. The summed E-state index contributed by atoms with van der Waals surface area (Å²) >= 11 is 0. The maximum Gasteiger partial charge on any atom is 0.262 e. The molecule has 7 nitrogen and oxygen atoms in total. The summed E-state index contributed by atoms with van der Waals surface area (Å²) in [6.45, 7) is 6.16. The van der Waals surface area contributed by atoms with E-state index in [0.717, 1.165) is 73.7 Å². The van der Waals surface area contributed by atoms with Gasteiger partial charge in [0.25, 0.3) is 5.92 Å². The largest absolute Gasteiger partial charge is 0.398 e. The molecule has 1 aromatic carbocycles. The first-order chi connectivity index (χ1) is 20.2. The molecule has 0 bridgehead atoms. The van der Waals surface area contributed by atoms with E-state index in [2.05, 4.69) is 30.9 Å². The van der Waals surface area contributed by atoms with Crippen LogP contribution in [0.5, 0.6) is 0 Å². The molecule has 3 saturated heterocycles. The van der Waals surface area contributed by atoms with Gasteiger partial charge in [0.2, 0.25) is 0 Å². The van der Waals surface area contributed by atoms with Crippen LogP contribution in [0.4, 0.5) is 20.3 Å². The van der Waals surface area contributed by atoms with E-state index < -0.39 is 5.92 Å². The van der Waals surface area contributed by atoms with Crippen LogP contribution in [0.1, 0.15) is 117 Å². The highest BCUT2D eigenvalue weighted by Gasteiger charge is 2.50. The first-order valence-corrected chi connectivity index (χ1v) is 15.9. The minimum absolute atomic E-state index is 0.0116. The maximum absolute atomic E-state index is 12.6. The van der Waals surface area contributed by atoms with Gasteiger partial charge in [-0.2, -0.15) is 5.26 Å². The normalized spacial score (nSPS) is 26.9. The Labute approximate surface area is 248 Å². The van der Waals surface area contributed by atoms with Crippen molar-refractivity contribution in [2.45, 2.75) is 120 Å². The number of aliphatic hydroxyl groups excluding tert-OH is 1. The van der Waals surface area contributed by atoms with Crippen LogP contribution in [0.25, 0.3) is 0 Å². The van der Waals surface area contributed by atoms with Crippen molar-refractivity contribution in [2.75, 3.05) is 30.3 Å². The Bertz CT molecular complexity index is 1350. The summed E-state index contributed by atoms with van der Waals surface area (Å²) < 4.78 is 25.2. The standard InChI is InChI=1S/C26H33N5O.C7H11F2N/c1-3-23-29-22(20(15-32)25(30-23)31-12-11-26(31)9-4-10-26)13-17-6-5-16(2)18-7-8-21(28)19(14-27)24(17)18;8-7(9)4-6-2-1-3-10(6)5-7/h7-8,16-17,32H,3-6,9-13,15,28H2,1-2H3;6H,1-5H2. The quantitative estimate of drug-likeness (QED) is 0.430. The fraction of sp³-hybridized carbons (Fsp3) is 0.667. The predicted octanol–water partition coefficient (Wildman–Crippen LogP) is 5.83. The van der Waals surface area contributed by atoms with Gasteiger partial charge in [-0.05, 0) is 93.4 Å². The summed E-state index contributed by atoms with van der Waals surface area (Å²) in [6.07, 6.45) is 10.7. The number of rotatable bonds is 5. The number of aliphatic hydroxyl groups is 1. The summed E-state index contributed by atoms with van der Waals surface area (Å²) in [5.41, 5.74) is 11.8. The number of halogens is 2. The molecule has 226 valence electrons. The lowest BCUT2D eigenvalue weighted by Gasteiger charge is -2.59. The number of hydrogen-bond acceptors (Lipinski definition) is 7. The number of nitrogen functional groups attached to an aromatic ring is 1. The van der Waals surface area contributed by atoms with Crippen LogP contribution in [0.2, 0.25) is 0 Å². The third kappa shape index (κ3) is 5.15. The number of nitrogens with zero attached hydrogens (tertiary/aromatic N) is 5. The summed E-state index contributed by atoms with van der Waals surface area (Å²) in [5.74, 6) is -0.0153. The van der Waals surface area contributed by atoms with Crippen molar-refractivity contribution in [3.05, 3.63) is 45.9 Å². The van der Waals surface area contributed by atoms with Gasteiger partial charge in [-0.15, -0.1) is 0 Å². The molecule has 0 amide bonds. The highest BCUT2D eigenvalue weighted by atomic mass is 19.3. The SMILES string of the molecule is CCc1nc(CC2CCC(C)c3ccc(N)c(C#N)c32)c(CO)c(N2CCC23CCC3)n1.FC1(F)CC2CCCN2C1. The number of benzene rings is 1. The molecular formula is C33H44F2N6O. The molecule has 1 saturated carbocycles. The molecule has 9 heteroatoms. The smallest absolute Gasteiger partial charge is 0.262 e. The van der Waals surface area contributed by atoms with E-state index in [1.54, 1.807) is 0 Å². The van der Waals surface area contributed by atoms with Gasteiger partial charge in [0.1, 0.15) is 17.7 Å². The zero-order valence-corrected chi connectivity index (χ0v) is 25.0. The van der Waals surface area contributed by atoms with Gasteiger partial charge in [-0.3, -0.25) is 4.90 Å². The Morgan fingerprint density at radius 2 is 1.93 bits per heavy atom. The number of hydrogen-bond donors (Lipinski definition) is 2. The lowest BCUT2D eigenvalue weighted by Crippen LogP contribution is -2.64. The molecular weight excluding hydrogens is 534 g/mol. The van der Waals surface area contributed by atoms with Crippen LogP contribution < -0.4 is 10.6 Å². The van der Waals surface area contributed by atoms with E-state index in [9.17, 15) is 19.1 Å². The number of nitrogens with two attached hydrogens (primary N) is 1. The van der Waals surface area contributed by atoms with Gasteiger partial charge < -0.3 is 15.7 Å². The predicted molar refractivity (Wildman–Crippen MR) is 160 cm³/mol. The van der Waals surface area contributed by atoms with E-state index >= 15 is 0 Å². The number of nitriles is 1. The van der Waals surface area contributed by atoms with E-state index in [0.29, 0.717) is 23.6 Å². The van der Waals surface area contributed by atoms with Crippen molar-refractivity contribution in [3.8, 4) is 6.07 Å². The number of fused-ring (bicyclic) bond motifs is 2. The Balaban J connectivity index is 0.000000265. The van der Waals surface area contributed by atoms with Crippen LogP contribution >= 0.6 is 0 Å². The van der Waals surface area contributed by atoms with Crippen molar-refractivity contribution in [2.24, 2.45) is 0 Å². The maximum atomic E-state index is 12.6. The highest BCUT2D eigenvalue weighted by molar-refractivity contribution is 5.63. The average Bonchev–Trinajstić information content (AvgIpc) is 3.46. The minimum Gasteiger partial charge on any atom is -0.398 e. The van der Waals surface area contributed by atoms with Crippen LogP contribution in [0, 0.1) is 11.3 Å². The Morgan fingerprint density at radius 1 is 1.12 bits per heavy atom. The van der Waals surface area contributed by atoms with E-state index in [-0.39, 0.29) is 37.1 Å². The number of aryl methyl sites for hydroxylation is 1. The number of aromatic nitrogens is 2. The van der Waals surface area contributed by atoms with Crippen molar-refractivity contribution < 1.29 is 13.9 Å². The van der Waals surface area contributed by atoms with Crippen molar-refractivity contribution in [1.29, 1.82) is 5.26 Å². The molecule has 3 atom stereocenters. The van der Waals surface area contributed by atoms with Crippen LogP contribution in [0.15, 0.2) is 12.1 Å². The summed E-state index contributed by atoms with van der Waals surface area (Å²) in [7, 11) is 0. The zero-order chi connectivity index (χ0) is 29.6. The van der Waals surface area contributed by atoms with Crippen molar-refractivity contribution in [1.82, 2.24) is 14.9 Å². The van der Waals surface area contributed by atoms with Crippen LogP contribution in [0.3, 0.4) is 0 Å². The second-order valence-electron chi connectivity index (χ2n) is 13.2. The first-order valence-electron chi connectivity index (χ1n) is 15.9. The molecule has 1 spiro atoms. The third-order valence-corrected chi connectivity index (χ3v) is 10.7. The summed E-state index contributed by atoms with van der Waals surface area (Å²) in [6, 6.07) is 6.54. The molecule has 4 fully saturated rings. The van der Waals surface area contributed by atoms with E-state index in [1.165, 1.54) is 31.2 Å². The molecule has 3 aliphatic heterocycles. The molecule has 1 aromatic heterocycles. The summed E-state index contributed by atoms with van der Waals surface area (Å²) in [4.78, 5) is 14.2. The lowest BCUT2D eigenvalue weighted by atomic mass is 9.67. The number of alkyl halides is 2. The molecule has 3 N–H and O–H groups in total. The molecule has 7 rings (SSSR count). The van der Waals surface area contributed by atoms with Crippen LogP contribution in [-0.4, -0.2) is 57.1 Å². The monoisotopic (exact) mass is 578 g/mol. The van der Waals surface area contributed by atoms with Gasteiger partial charge in [0.15, 0.2) is 0 Å². The van der Waals surface area contributed by atoms with Gasteiger partial charge in [-0.1, -0.05) is 19.9 Å². The fourth-order valence-electron chi connectivity index (χ4n) is 8.13. The zero-order valence-electron chi connectivity index (χ0n) is 25.0. The molecule has 4 heterocycles. The molecule has 0 radical (unpaired) electrons.